The Balaban J connectivity index is 1.86. The summed E-state index contributed by atoms with van der Waals surface area (Å²) in [5.41, 5.74) is -0.449. The van der Waals surface area contributed by atoms with E-state index in [1.807, 2.05) is 31.7 Å². The molecule has 0 unspecified atom stereocenters. The Hall–Kier alpha value is -1.07. The van der Waals surface area contributed by atoms with Crippen LogP contribution in [0.1, 0.15) is 51.5 Å². The number of hydrogen-bond donors (Lipinski definition) is 0. The number of nitrogens with zero attached hydrogens (tertiary/aromatic N) is 1. The summed E-state index contributed by atoms with van der Waals surface area (Å²) >= 11 is 1.70. The second-order valence-corrected chi connectivity index (χ2v) is 7.44. The molecule has 2 atom stereocenters. The molecule has 0 N–H and O–H groups in total. The maximum absolute atomic E-state index is 12.2. The SMILES string of the molecule is C[C@@H](OC[C@@H]1CCCN1C(=O)OC(C)(C)C)c1cccs1. The number of amides is 1. The Morgan fingerprint density at radius 2 is 2.29 bits per heavy atom. The van der Waals surface area contributed by atoms with Crippen LogP contribution in [0, 0.1) is 0 Å². The quantitative estimate of drug-likeness (QED) is 0.835. The van der Waals surface area contributed by atoms with Gasteiger partial charge in [0.2, 0.25) is 0 Å². The van der Waals surface area contributed by atoms with Gasteiger partial charge < -0.3 is 14.4 Å². The maximum atomic E-state index is 12.2. The van der Waals surface area contributed by atoms with Gasteiger partial charge in [-0.3, -0.25) is 0 Å². The average Bonchev–Trinajstić information content (AvgIpc) is 3.04. The van der Waals surface area contributed by atoms with Crippen LogP contribution in [-0.4, -0.2) is 35.8 Å². The van der Waals surface area contributed by atoms with Crippen LogP contribution >= 0.6 is 11.3 Å². The lowest BCUT2D eigenvalue weighted by molar-refractivity contribution is -0.00109. The fourth-order valence-electron chi connectivity index (χ4n) is 2.43. The first-order valence-electron chi connectivity index (χ1n) is 7.51. The molecule has 0 aliphatic carbocycles. The smallest absolute Gasteiger partial charge is 0.410 e. The van der Waals surface area contributed by atoms with Gasteiger partial charge in [-0.15, -0.1) is 11.3 Å². The van der Waals surface area contributed by atoms with Crippen molar-refractivity contribution in [2.45, 2.75) is 58.3 Å². The highest BCUT2D eigenvalue weighted by molar-refractivity contribution is 7.10. The van der Waals surface area contributed by atoms with Gasteiger partial charge in [-0.2, -0.15) is 0 Å². The molecule has 21 heavy (non-hydrogen) atoms. The number of thiophene rings is 1. The largest absolute Gasteiger partial charge is 0.444 e. The summed E-state index contributed by atoms with van der Waals surface area (Å²) in [5.74, 6) is 0. The second-order valence-electron chi connectivity index (χ2n) is 6.46. The molecule has 1 saturated heterocycles. The van der Waals surface area contributed by atoms with Crippen molar-refractivity contribution < 1.29 is 14.3 Å². The third kappa shape index (κ3) is 4.71. The van der Waals surface area contributed by atoms with Crippen molar-refractivity contribution in [3.63, 3.8) is 0 Å². The van der Waals surface area contributed by atoms with Crippen LogP contribution in [0.5, 0.6) is 0 Å². The van der Waals surface area contributed by atoms with E-state index in [2.05, 4.69) is 18.4 Å². The Bertz CT molecular complexity index is 453. The van der Waals surface area contributed by atoms with E-state index in [1.165, 1.54) is 4.88 Å². The summed E-state index contributed by atoms with van der Waals surface area (Å²) < 4.78 is 11.4. The molecule has 2 heterocycles. The number of rotatable bonds is 4. The minimum absolute atomic E-state index is 0.0751. The molecule has 0 spiro atoms. The fourth-order valence-corrected chi connectivity index (χ4v) is 3.16. The molecule has 0 radical (unpaired) electrons. The van der Waals surface area contributed by atoms with Crippen LogP contribution in [0.15, 0.2) is 17.5 Å². The molecule has 4 nitrogen and oxygen atoms in total. The van der Waals surface area contributed by atoms with Crippen LogP contribution < -0.4 is 0 Å². The summed E-state index contributed by atoms with van der Waals surface area (Å²) in [6, 6.07) is 4.24. The number of carbonyl (C=O) groups excluding carboxylic acids is 1. The van der Waals surface area contributed by atoms with Crippen molar-refractivity contribution in [3.8, 4) is 0 Å². The molecular formula is C16H25NO3S. The van der Waals surface area contributed by atoms with E-state index in [4.69, 9.17) is 9.47 Å². The number of carbonyl (C=O) groups is 1. The first-order chi connectivity index (χ1) is 9.87. The van der Waals surface area contributed by atoms with Gasteiger partial charge >= 0.3 is 6.09 Å². The summed E-state index contributed by atoms with van der Waals surface area (Å²) in [5, 5.41) is 2.05. The molecule has 1 fully saturated rings. The molecule has 118 valence electrons. The van der Waals surface area contributed by atoms with Crippen LogP contribution in [0.3, 0.4) is 0 Å². The standard InChI is InChI=1S/C16H25NO3S/c1-12(14-8-6-10-21-14)19-11-13-7-5-9-17(13)15(18)20-16(2,3)4/h6,8,10,12-13H,5,7,9,11H2,1-4H3/t12-,13+/m1/s1. The van der Waals surface area contributed by atoms with E-state index in [-0.39, 0.29) is 18.2 Å². The highest BCUT2D eigenvalue weighted by atomic mass is 32.1. The molecule has 0 bridgehead atoms. The van der Waals surface area contributed by atoms with Gasteiger partial charge in [-0.05, 0) is 52.0 Å². The summed E-state index contributed by atoms with van der Waals surface area (Å²) in [4.78, 5) is 15.2. The number of ether oxygens (including phenoxy) is 2. The fraction of sp³-hybridized carbons (Fsp3) is 0.688. The molecular weight excluding hydrogens is 286 g/mol. The molecule has 1 aliphatic rings. The van der Waals surface area contributed by atoms with E-state index < -0.39 is 5.60 Å². The lowest BCUT2D eigenvalue weighted by atomic mass is 10.2. The predicted molar refractivity (Wildman–Crippen MR) is 84.6 cm³/mol. The molecule has 5 heteroatoms. The minimum Gasteiger partial charge on any atom is -0.444 e. The van der Waals surface area contributed by atoms with Gasteiger partial charge in [-0.25, -0.2) is 4.79 Å². The third-order valence-corrected chi connectivity index (χ3v) is 4.52. The third-order valence-electron chi connectivity index (χ3n) is 3.49. The Morgan fingerprint density at radius 3 is 2.90 bits per heavy atom. The van der Waals surface area contributed by atoms with E-state index in [1.54, 1.807) is 11.3 Å². The van der Waals surface area contributed by atoms with E-state index in [9.17, 15) is 4.79 Å². The topological polar surface area (TPSA) is 38.8 Å². The van der Waals surface area contributed by atoms with Crippen LogP contribution in [0.25, 0.3) is 0 Å². The molecule has 0 aromatic carbocycles. The van der Waals surface area contributed by atoms with Gasteiger partial charge in [0.25, 0.3) is 0 Å². The Kier molecular flexibility index (Phi) is 5.27. The van der Waals surface area contributed by atoms with E-state index in [0.29, 0.717) is 6.61 Å². The second kappa shape index (κ2) is 6.79. The van der Waals surface area contributed by atoms with Gasteiger partial charge in [0.1, 0.15) is 5.60 Å². The van der Waals surface area contributed by atoms with Crippen molar-refractivity contribution in [1.82, 2.24) is 4.90 Å². The highest BCUT2D eigenvalue weighted by Crippen LogP contribution is 2.25. The molecule has 1 aromatic rings. The lowest BCUT2D eigenvalue weighted by Crippen LogP contribution is -2.41. The summed E-state index contributed by atoms with van der Waals surface area (Å²) in [6.07, 6.45) is 1.85. The zero-order valence-electron chi connectivity index (χ0n) is 13.3. The Morgan fingerprint density at radius 1 is 1.52 bits per heavy atom. The van der Waals surface area contributed by atoms with Gasteiger partial charge in [0.15, 0.2) is 0 Å². The van der Waals surface area contributed by atoms with E-state index in [0.717, 1.165) is 19.4 Å². The van der Waals surface area contributed by atoms with Crippen LogP contribution in [0.4, 0.5) is 4.79 Å². The van der Waals surface area contributed by atoms with Crippen molar-refractivity contribution in [2.75, 3.05) is 13.2 Å². The average molecular weight is 311 g/mol. The first-order valence-corrected chi connectivity index (χ1v) is 8.39. The zero-order chi connectivity index (χ0) is 15.5. The van der Waals surface area contributed by atoms with Crippen LogP contribution in [-0.2, 0) is 9.47 Å². The number of likely N-dealkylation sites (tertiary alicyclic amines) is 1. The van der Waals surface area contributed by atoms with Crippen molar-refractivity contribution in [3.05, 3.63) is 22.4 Å². The van der Waals surface area contributed by atoms with Crippen molar-refractivity contribution in [1.29, 1.82) is 0 Å². The minimum atomic E-state index is -0.449. The lowest BCUT2D eigenvalue weighted by Gasteiger charge is -2.29. The first kappa shape index (κ1) is 16.3. The maximum Gasteiger partial charge on any atom is 0.410 e. The molecule has 1 aromatic heterocycles. The Labute approximate surface area is 131 Å². The van der Waals surface area contributed by atoms with E-state index >= 15 is 0 Å². The summed E-state index contributed by atoms with van der Waals surface area (Å²) in [6.45, 7) is 9.06. The van der Waals surface area contributed by atoms with Crippen molar-refractivity contribution >= 4 is 17.4 Å². The van der Waals surface area contributed by atoms with Gasteiger partial charge in [0.05, 0.1) is 18.8 Å². The van der Waals surface area contributed by atoms with Crippen LogP contribution in [0.2, 0.25) is 0 Å². The highest BCUT2D eigenvalue weighted by Gasteiger charge is 2.32. The van der Waals surface area contributed by atoms with Gasteiger partial charge in [-0.1, -0.05) is 6.07 Å². The number of hydrogen-bond acceptors (Lipinski definition) is 4. The predicted octanol–water partition coefficient (Wildman–Crippen LogP) is 4.23. The molecule has 1 amide bonds. The van der Waals surface area contributed by atoms with Gasteiger partial charge in [0, 0.05) is 11.4 Å². The molecule has 1 aliphatic heterocycles. The molecule has 2 rings (SSSR count). The molecule has 0 saturated carbocycles. The zero-order valence-corrected chi connectivity index (χ0v) is 14.1. The normalized spacial score (nSPS) is 20.6. The monoisotopic (exact) mass is 311 g/mol. The van der Waals surface area contributed by atoms with Crippen molar-refractivity contribution in [2.24, 2.45) is 0 Å². The summed E-state index contributed by atoms with van der Waals surface area (Å²) in [7, 11) is 0.